The molecule has 9 heteroatoms. The SMILES string of the molecule is Brc1cccc2[nH]ccc12.Clc1cccc(Oc2cccc3[nH]ccc23)c1Cl.Oc1cccc(Cl)c1Cl. The normalized spacial score (nSPS) is 10.4. The number of H-pyrrole nitrogens is 2. The number of phenolic OH excluding ortho intramolecular Hbond substituents is 1. The summed E-state index contributed by atoms with van der Waals surface area (Å²) in [5, 5.41) is 12.6. The molecule has 0 bridgehead atoms. The van der Waals surface area contributed by atoms with Crippen LogP contribution in [0, 0.1) is 0 Å². The highest BCUT2D eigenvalue weighted by Gasteiger charge is 2.09. The molecular weight excluding hydrogens is 618 g/mol. The van der Waals surface area contributed by atoms with E-state index in [0.717, 1.165) is 21.1 Å². The molecular formula is C28H19BrCl4N2O2. The average Bonchev–Trinajstić information content (AvgIpc) is 3.57. The van der Waals surface area contributed by atoms with Crippen molar-refractivity contribution in [1.29, 1.82) is 0 Å². The first kappa shape index (κ1) is 27.2. The molecule has 0 fully saturated rings. The summed E-state index contributed by atoms with van der Waals surface area (Å²) < 4.78 is 6.97. The zero-order valence-electron chi connectivity index (χ0n) is 19.0. The minimum atomic E-state index is 0.0177. The molecule has 0 amide bonds. The van der Waals surface area contributed by atoms with Crippen LogP contribution in [0.2, 0.25) is 20.1 Å². The van der Waals surface area contributed by atoms with E-state index in [9.17, 15) is 0 Å². The van der Waals surface area contributed by atoms with E-state index in [2.05, 4.69) is 38.0 Å². The lowest BCUT2D eigenvalue weighted by Gasteiger charge is -2.09. The Hall–Kier alpha value is -2.80. The Morgan fingerprint density at radius 2 is 1.14 bits per heavy atom. The number of phenols is 1. The Morgan fingerprint density at radius 1 is 0.595 bits per heavy atom. The first-order valence-electron chi connectivity index (χ1n) is 10.9. The fourth-order valence-electron chi connectivity index (χ4n) is 3.37. The molecule has 0 saturated carbocycles. The van der Waals surface area contributed by atoms with Crippen LogP contribution in [0.3, 0.4) is 0 Å². The molecule has 37 heavy (non-hydrogen) atoms. The molecule has 188 valence electrons. The van der Waals surface area contributed by atoms with Crippen LogP contribution in [-0.4, -0.2) is 15.1 Å². The van der Waals surface area contributed by atoms with Crippen LogP contribution in [0.25, 0.3) is 21.8 Å². The lowest BCUT2D eigenvalue weighted by Crippen LogP contribution is -1.86. The Bertz CT molecular complexity index is 1630. The number of halogens is 5. The molecule has 6 rings (SSSR count). The highest BCUT2D eigenvalue weighted by Crippen LogP contribution is 2.37. The summed E-state index contributed by atoms with van der Waals surface area (Å²) in [5.74, 6) is 1.32. The lowest BCUT2D eigenvalue weighted by atomic mass is 10.2. The van der Waals surface area contributed by atoms with Gasteiger partial charge in [-0.1, -0.05) is 86.6 Å². The van der Waals surface area contributed by atoms with Crippen LogP contribution >= 0.6 is 62.3 Å². The van der Waals surface area contributed by atoms with E-state index >= 15 is 0 Å². The van der Waals surface area contributed by atoms with Gasteiger partial charge in [-0.3, -0.25) is 0 Å². The van der Waals surface area contributed by atoms with Crippen molar-refractivity contribution in [3.05, 3.63) is 122 Å². The molecule has 6 aromatic rings. The van der Waals surface area contributed by atoms with E-state index < -0.39 is 0 Å². The second-order valence-corrected chi connectivity index (χ2v) is 10.0. The van der Waals surface area contributed by atoms with Crippen LogP contribution in [0.1, 0.15) is 0 Å². The zero-order valence-corrected chi connectivity index (χ0v) is 23.6. The maximum absolute atomic E-state index is 8.88. The van der Waals surface area contributed by atoms with Gasteiger partial charge < -0.3 is 19.8 Å². The molecule has 0 spiro atoms. The standard InChI is InChI=1S/C14H9Cl2NO.C8H6BrN.C6H4Cl2O/c15-10-3-1-6-13(14(10)16)18-12-5-2-4-11-9(12)7-8-17-11;9-7-2-1-3-8-6(7)4-5-10-8;7-4-2-1-3-5(9)6(4)8/h1-8,17H;1-5,10H;1-3,9H. The molecule has 2 heterocycles. The monoisotopic (exact) mass is 634 g/mol. The third-order valence-electron chi connectivity index (χ3n) is 5.16. The van der Waals surface area contributed by atoms with Gasteiger partial charge in [-0.25, -0.2) is 0 Å². The second-order valence-electron chi connectivity index (χ2n) is 7.60. The van der Waals surface area contributed by atoms with Gasteiger partial charge in [0.2, 0.25) is 0 Å². The summed E-state index contributed by atoms with van der Waals surface area (Å²) in [6.07, 6.45) is 3.81. The maximum atomic E-state index is 8.88. The summed E-state index contributed by atoms with van der Waals surface area (Å²) in [6, 6.07) is 26.0. The topological polar surface area (TPSA) is 61.0 Å². The Kier molecular flexibility index (Phi) is 9.30. The molecule has 0 atom stereocenters. The van der Waals surface area contributed by atoms with E-state index in [1.54, 1.807) is 30.3 Å². The molecule has 4 aromatic carbocycles. The number of aromatic nitrogens is 2. The third kappa shape index (κ3) is 6.75. The van der Waals surface area contributed by atoms with E-state index in [4.69, 9.17) is 56.2 Å². The molecule has 0 aliphatic rings. The first-order chi connectivity index (χ1) is 17.8. The lowest BCUT2D eigenvalue weighted by molar-refractivity contribution is 0.475. The minimum absolute atomic E-state index is 0.0177. The van der Waals surface area contributed by atoms with Crippen molar-refractivity contribution in [2.75, 3.05) is 0 Å². The Labute approximate surface area is 241 Å². The predicted octanol–water partition coefficient (Wildman–Crippen LogP) is 10.9. The van der Waals surface area contributed by atoms with Crippen molar-refractivity contribution >= 4 is 84.1 Å². The van der Waals surface area contributed by atoms with Crippen molar-refractivity contribution in [3.8, 4) is 17.2 Å². The maximum Gasteiger partial charge on any atom is 0.147 e. The average molecular weight is 637 g/mol. The zero-order chi connectivity index (χ0) is 26.4. The highest BCUT2D eigenvalue weighted by atomic mass is 79.9. The van der Waals surface area contributed by atoms with Gasteiger partial charge in [0.1, 0.15) is 27.3 Å². The number of rotatable bonds is 2. The van der Waals surface area contributed by atoms with E-state index in [0.29, 0.717) is 20.8 Å². The molecule has 3 N–H and O–H groups in total. The van der Waals surface area contributed by atoms with Crippen molar-refractivity contribution in [2.24, 2.45) is 0 Å². The van der Waals surface area contributed by atoms with Gasteiger partial charge in [-0.05, 0) is 60.7 Å². The fourth-order valence-corrected chi connectivity index (χ4v) is 4.49. The van der Waals surface area contributed by atoms with Crippen molar-refractivity contribution in [1.82, 2.24) is 9.97 Å². The second kappa shape index (κ2) is 12.6. The highest BCUT2D eigenvalue weighted by molar-refractivity contribution is 9.10. The molecule has 0 aliphatic heterocycles. The van der Waals surface area contributed by atoms with Gasteiger partial charge in [0.15, 0.2) is 0 Å². The number of nitrogens with one attached hydrogen (secondary N) is 2. The number of hydrogen-bond donors (Lipinski definition) is 3. The van der Waals surface area contributed by atoms with E-state index in [-0.39, 0.29) is 10.8 Å². The molecule has 2 aromatic heterocycles. The smallest absolute Gasteiger partial charge is 0.147 e. The molecule has 0 radical (unpaired) electrons. The Morgan fingerprint density at radius 3 is 1.78 bits per heavy atom. The van der Waals surface area contributed by atoms with Gasteiger partial charge in [-0.15, -0.1) is 0 Å². The number of ether oxygens (including phenoxy) is 1. The molecule has 0 unspecified atom stereocenters. The van der Waals surface area contributed by atoms with Gasteiger partial charge in [-0.2, -0.15) is 0 Å². The van der Waals surface area contributed by atoms with Gasteiger partial charge in [0, 0.05) is 38.7 Å². The largest absolute Gasteiger partial charge is 0.506 e. The van der Waals surface area contributed by atoms with Gasteiger partial charge >= 0.3 is 0 Å². The predicted molar refractivity (Wildman–Crippen MR) is 159 cm³/mol. The first-order valence-corrected chi connectivity index (χ1v) is 13.2. The van der Waals surface area contributed by atoms with E-state index in [1.165, 1.54) is 17.0 Å². The fraction of sp³-hybridized carbons (Fsp3) is 0. The van der Waals surface area contributed by atoms with Crippen molar-refractivity contribution < 1.29 is 9.84 Å². The summed E-state index contributed by atoms with van der Waals surface area (Å²) in [7, 11) is 0. The summed E-state index contributed by atoms with van der Waals surface area (Å²) in [5.41, 5.74) is 2.19. The van der Waals surface area contributed by atoms with Crippen LogP contribution in [-0.2, 0) is 0 Å². The number of aromatic amines is 2. The van der Waals surface area contributed by atoms with Gasteiger partial charge in [0.25, 0.3) is 0 Å². The number of fused-ring (bicyclic) bond motifs is 2. The van der Waals surface area contributed by atoms with Gasteiger partial charge in [0.05, 0.1) is 10.0 Å². The Balaban J connectivity index is 0.000000143. The van der Waals surface area contributed by atoms with Crippen LogP contribution in [0.4, 0.5) is 0 Å². The van der Waals surface area contributed by atoms with E-state index in [1.807, 2.05) is 48.8 Å². The van der Waals surface area contributed by atoms with Crippen LogP contribution in [0.5, 0.6) is 17.2 Å². The number of aromatic hydroxyl groups is 1. The molecule has 0 saturated heterocycles. The molecule has 0 aliphatic carbocycles. The van der Waals surface area contributed by atoms with Crippen LogP contribution < -0.4 is 4.74 Å². The molecule has 4 nitrogen and oxygen atoms in total. The summed E-state index contributed by atoms with van der Waals surface area (Å²) in [6.45, 7) is 0. The summed E-state index contributed by atoms with van der Waals surface area (Å²) >= 11 is 26.5. The minimum Gasteiger partial charge on any atom is -0.506 e. The summed E-state index contributed by atoms with van der Waals surface area (Å²) in [4.78, 5) is 6.26. The third-order valence-corrected chi connectivity index (χ3v) is 7.47. The number of hydrogen-bond acceptors (Lipinski definition) is 2. The van der Waals surface area contributed by atoms with Crippen LogP contribution in [0.15, 0.2) is 102 Å². The van der Waals surface area contributed by atoms with Crippen molar-refractivity contribution in [3.63, 3.8) is 0 Å². The van der Waals surface area contributed by atoms with Crippen molar-refractivity contribution in [2.45, 2.75) is 0 Å². The number of benzene rings is 4. The quantitative estimate of drug-likeness (QED) is 0.177.